The van der Waals surface area contributed by atoms with Gasteiger partial charge in [0.2, 0.25) is 5.91 Å². The van der Waals surface area contributed by atoms with Crippen molar-refractivity contribution in [1.29, 1.82) is 0 Å². The van der Waals surface area contributed by atoms with E-state index >= 15 is 0 Å². The van der Waals surface area contributed by atoms with E-state index in [2.05, 4.69) is 5.16 Å². The highest BCUT2D eigenvalue weighted by molar-refractivity contribution is 7.10. The molecule has 2 aliphatic rings. The van der Waals surface area contributed by atoms with Crippen LogP contribution in [0.15, 0.2) is 57.9 Å². The van der Waals surface area contributed by atoms with E-state index < -0.39 is 35.9 Å². The second-order valence-corrected chi connectivity index (χ2v) is 9.86. The third-order valence-corrected chi connectivity index (χ3v) is 7.56. The summed E-state index contributed by atoms with van der Waals surface area (Å²) in [6.45, 7) is 0.370. The van der Waals surface area contributed by atoms with Crippen molar-refractivity contribution in [2.45, 2.75) is 44.0 Å². The number of oxime groups is 1. The molecule has 7 nitrogen and oxygen atoms in total. The van der Waals surface area contributed by atoms with Gasteiger partial charge in [-0.25, -0.2) is 9.37 Å². The SMILES string of the molecule is O=C(Cn1cc(C(F)(F)F)ccc1=O)N1CCC(c2nc(C3=NOC(c4ccccc4F)C3)cs2)CC1. The maximum atomic E-state index is 14.1. The van der Waals surface area contributed by atoms with Crippen LogP contribution in [0.1, 0.15) is 53.1 Å². The van der Waals surface area contributed by atoms with Gasteiger partial charge in [-0.15, -0.1) is 11.3 Å². The van der Waals surface area contributed by atoms with Crippen molar-refractivity contribution in [1.82, 2.24) is 14.5 Å². The van der Waals surface area contributed by atoms with Crippen LogP contribution >= 0.6 is 11.3 Å². The molecule has 0 bridgehead atoms. The predicted molar refractivity (Wildman–Crippen MR) is 128 cm³/mol. The molecule has 5 rings (SSSR count). The van der Waals surface area contributed by atoms with Crippen LogP contribution in [0.4, 0.5) is 17.6 Å². The van der Waals surface area contributed by atoms with Crippen molar-refractivity contribution < 1.29 is 27.2 Å². The van der Waals surface area contributed by atoms with E-state index in [1.165, 1.54) is 17.4 Å². The lowest BCUT2D eigenvalue weighted by molar-refractivity contribution is -0.139. The Morgan fingerprint density at radius 1 is 1.14 bits per heavy atom. The lowest BCUT2D eigenvalue weighted by Gasteiger charge is -2.31. The molecule has 12 heteroatoms. The van der Waals surface area contributed by atoms with Gasteiger partial charge in [-0.2, -0.15) is 13.2 Å². The summed E-state index contributed by atoms with van der Waals surface area (Å²) in [7, 11) is 0. The van der Waals surface area contributed by atoms with E-state index in [0.717, 1.165) is 15.6 Å². The summed E-state index contributed by atoms with van der Waals surface area (Å²) in [4.78, 5) is 36.4. The molecular weight excluding hydrogens is 512 g/mol. The first-order chi connectivity index (χ1) is 17.7. The minimum atomic E-state index is -4.60. The minimum Gasteiger partial charge on any atom is -0.387 e. The van der Waals surface area contributed by atoms with Gasteiger partial charge >= 0.3 is 6.18 Å². The summed E-state index contributed by atoms with van der Waals surface area (Å²) < 4.78 is 53.8. The number of nitrogens with zero attached hydrogens (tertiary/aromatic N) is 4. The Morgan fingerprint density at radius 2 is 1.89 bits per heavy atom. The number of halogens is 4. The molecule has 0 spiro atoms. The number of carbonyl (C=O) groups is 1. The van der Waals surface area contributed by atoms with E-state index in [0.29, 0.717) is 61.6 Å². The van der Waals surface area contributed by atoms with Crippen molar-refractivity contribution in [2.24, 2.45) is 5.16 Å². The fourth-order valence-corrected chi connectivity index (χ4v) is 5.48. The number of pyridine rings is 1. The van der Waals surface area contributed by atoms with Gasteiger partial charge in [-0.3, -0.25) is 9.59 Å². The van der Waals surface area contributed by atoms with Crippen LogP contribution in [0.25, 0.3) is 0 Å². The van der Waals surface area contributed by atoms with Crippen molar-refractivity contribution in [3.05, 3.63) is 86.0 Å². The van der Waals surface area contributed by atoms with Gasteiger partial charge in [-0.1, -0.05) is 23.4 Å². The van der Waals surface area contributed by atoms with Crippen LogP contribution in [0.3, 0.4) is 0 Å². The first kappa shape index (κ1) is 25.1. The van der Waals surface area contributed by atoms with E-state index in [4.69, 9.17) is 9.82 Å². The first-order valence-corrected chi connectivity index (χ1v) is 12.6. The smallest absolute Gasteiger partial charge is 0.387 e. The number of carbonyl (C=O) groups excluding carboxylic acids is 1. The molecule has 1 aromatic carbocycles. The quantitative estimate of drug-likeness (QED) is 0.444. The fraction of sp³-hybridized carbons (Fsp3) is 0.360. The third kappa shape index (κ3) is 5.43. The van der Waals surface area contributed by atoms with Crippen LogP contribution in [-0.4, -0.2) is 39.2 Å². The summed E-state index contributed by atoms with van der Waals surface area (Å²) in [6.07, 6.45) is -2.74. The molecule has 3 aromatic rings. The predicted octanol–water partition coefficient (Wildman–Crippen LogP) is 4.73. The van der Waals surface area contributed by atoms with E-state index in [1.807, 2.05) is 5.38 Å². The van der Waals surface area contributed by atoms with Crippen molar-refractivity contribution in [2.75, 3.05) is 13.1 Å². The molecule has 0 aliphatic carbocycles. The number of alkyl halides is 3. The monoisotopic (exact) mass is 534 g/mol. The Bertz CT molecular complexity index is 1390. The molecule has 2 aromatic heterocycles. The number of benzene rings is 1. The molecule has 1 unspecified atom stereocenters. The lowest BCUT2D eigenvalue weighted by atomic mass is 9.97. The second-order valence-electron chi connectivity index (χ2n) is 8.97. The number of aromatic nitrogens is 2. The highest BCUT2D eigenvalue weighted by Gasteiger charge is 2.32. The first-order valence-electron chi connectivity index (χ1n) is 11.7. The largest absolute Gasteiger partial charge is 0.417 e. The summed E-state index contributed by atoms with van der Waals surface area (Å²) in [5.74, 6) is -0.636. The Kier molecular flexibility index (Phi) is 6.84. The van der Waals surface area contributed by atoms with Gasteiger partial charge in [0.05, 0.1) is 16.3 Å². The van der Waals surface area contributed by atoms with Crippen LogP contribution < -0.4 is 5.56 Å². The van der Waals surface area contributed by atoms with Crippen LogP contribution in [0.5, 0.6) is 0 Å². The summed E-state index contributed by atoms with van der Waals surface area (Å²) in [5.41, 5.74) is 0.135. The van der Waals surface area contributed by atoms with Gasteiger partial charge in [0.1, 0.15) is 18.1 Å². The van der Waals surface area contributed by atoms with E-state index in [9.17, 15) is 27.2 Å². The highest BCUT2D eigenvalue weighted by atomic mass is 32.1. The van der Waals surface area contributed by atoms with Gasteiger partial charge in [0.25, 0.3) is 5.56 Å². The fourth-order valence-electron chi connectivity index (χ4n) is 4.48. The van der Waals surface area contributed by atoms with Crippen molar-refractivity contribution in [3.8, 4) is 0 Å². The average Bonchev–Trinajstić information content (AvgIpc) is 3.55. The number of hydrogen-bond donors (Lipinski definition) is 0. The zero-order chi connectivity index (χ0) is 26.2. The molecule has 1 saturated heterocycles. The molecule has 194 valence electrons. The van der Waals surface area contributed by atoms with Crippen molar-refractivity contribution >= 4 is 23.0 Å². The molecule has 1 amide bonds. The maximum Gasteiger partial charge on any atom is 0.417 e. The number of piperidine rings is 1. The minimum absolute atomic E-state index is 0.115. The normalized spacial score (nSPS) is 18.5. The molecule has 1 fully saturated rings. The molecule has 0 N–H and O–H groups in total. The molecule has 0 saturated carbocycles. The third-order valence-electron chi connectivity index (χ3n) is 6.55. The number of hydrogen-bond acceptors (Lipinski definition) is 6. The number of amides is 1. The van der Waals surface area contributed by atoms with E-state index in [1.54, 1.807) is 23.1 Å². The summed E-state index contributed by atoms with van der Waals surface area (Å²) in [6, 6.07) is 7.94. The zero-order valence-corrected chi connectivity index (χ0v) is 20.3. The molecule has 37 heavy (non-hydrogen) atoms. The Labute approximate surface area is 213 Å². The lowest BCUT2D eigenvalue weighted by Crippen LogP contribution is -2.41. The van der Waals surface area contributed by atoms with Crippen molar-refractivity contribution in [3.63, 3.8) is 0 Å². The molecule has 0 radical (unpaired) electrons. The Morgan fingerprint density at radius 3 is 2.62 bits per heavy atom. The van der Waals surface area contributed by atoms with Crippen LogP contribution in [0, 0.1) is 5.82 Å². The Hall–Kier alpha value is -3.54. The van der Waals surface area contributed by atoms with Gasteiger partial charge in [-0.05, 0) is 25.0 Å². The molecular formula is C25H22F4N4O3S. The Balaban J connectivity index is 1.17. The van der Waals surface area contributed by atoms with Crippen LogP contribution in [0.2, 0.25) is 0 Å². The summed E-state index contributed by atoms with van der Waals surface area (Å²) in [5, 5.41) is 6.89. The van der Waals surface area contributed by atoms with E-state index in [-0.39, 0.29) is 11.7 Å². The second kappa shape index (κ2) is 10.1. The van der Waals surface area contributed by atoms with Gasteiger partial charge in [0, 0.05) is 48.6 Å². The van der Waals surface area contributed by atoms with Gasteiger partial charge in [0.15, 0.2) is 6.10 Å². The molecule has 1 atom stereocenters. The summed E-state index contributed by atoms with van der Waals surface area (Å²) >= 11 is 1.48. The number of rotatable bonds is 5. The van der Waals surface area contributed by atoms with Gasteiger partial charge < -0.3 is 14.3 Å². The zero-order valence-electron chi connectivity index (χ0n) is 19.4. The van der Waals surface area contributed by atoms with Crippen LogP contribution in [-0.2, 0) is 22.4 Å². The maximum absolute atomic E-state index is 14.1. The number of likely N-dealkylation sites (tertiary alicyclic amines) is 1. The molecule has 2 aliphatic heterocycles. The molecule has 4 heterocycles. The average molecular weight is 535 g/mol. The standard InChI is InChI=1S/C25H22F4N4O3S/c26-18-4-2-1-3-17(18)21-11-19(31-36-21)20-14-37-24(30-20)15-7-9-32(10-8-15)23(35)13-33-12-16(25(27,28)29)5-6-22(33)34/h1-6,12,14-15,21H,7-11,13H2. The number of thiazole rings is 1. The highest BCUT2D eigenvalue weighted by Crippen LogP contribution is 2.34. The topological polar surface area (TPSA) is 76.8 Å².